The highest BCUT2D eigenvalue weighted by Crippen LogP contribution is 2.12. The Bertz CT molecular complexity index is 223. The highest BCUT2D eigenvalue weighted by atomic mass is 16.5. The molecule has 0 aromatic carbocycles. The first-order chi connectivity index (χ1) is 9.72. The van der Waals surface area contributed by atoms with Crippen molar-refractivity contribution in [3.63, 3.8) is 0 Å². The van der Waals surface area contributed by atoms with Crippen LogP contribution < -0.4 is 11.2 Å². The molecule has 1 atom stereocenters. The summed E-state index contributed by atoms with van der Waals surface area (Å²) in [6.07, 6.45) is 16.2. The van der Waals surface area contributed by atoms with Crippen LogP contribution in [0.1, 0.15) is 90.4 Å². The molecule has 0 spiro atoms. The summed E-state index contributed by atoms with van der Waals surface area (Å²) in [7, 11) is 0. The molecule has 1 amide bonds. The molecule has 0 aromatic heterocycles. The molecule has 0 saturated heterocycles. The maximum absolute atomic E-state index is 11.0. The Morgan fingerprint density at radius 2 is 1.30 bits per heavy atom. The Balaban J connectivity index is 3.11. The molecule has 1 unspecified atom stereocenters. The van der Waals surface area contributed by atoms with Crippen LogP contribution >= 0.6 is 0 Å². The minimum Gasteiger partial charge on any atom is -0.320 e. The molecule has 0 aliphatic carbocycles. The van der Waals surface area contributed by atoms with Gasteiger partial charge in [0.25, 0.3) is 5.91 Å². The van der Waals surface area contributed by atoms with Gasteiger partial charge < -0.3 is 5.73 Å². The monoisotopic (exact) mass is 286 g/mol. The van der Waals surface area contributed by atoms with Crippen LogP contribution in [0.2, 0.25) is 0 Å². The van der Waals surface area contributed by atoms with E-state index in [9.17, 15) is 4.79 Å². The fraction of sp³-hybridized carbons (Fsp3) is 0.938. The van der Waals surface area contributed by atoms with E-state index in [1.165, 1.54) is 64.2 Å². The second-order valence-electron chi connectivity index (χ2n) is 5.76. The molecule has 0 radical (unpaired) electrons. The van der Waals surface area contributed by atoms with Crippen molar-refractivity contribution in [1.29, 1.82) is 0 Å². The number of carbonyl (C=O) groups is 1. The maximum Gasteiger partial charge on any atom is 0.260 e. The Morgan fingerprint density at radius 3 is 1.70 bits per heavy atom. The SMILES string of the molecule is CCCCCCCCCCCCCCC(N)C(=O)NO. The average molecular weight is 286 g/mol. The smallest absolute Gasteiger partial charge is 0.260 e. The van der Waals surface area contributed by atoms with E-state index in [1.807, 2.05) is 0 Å². The van der Waals surface area contributed by atoms with E-state index in [1.54, 1.807) is 5.48 Å². The van der Waals surface area contributed by atoms with Crippen molar-refractivity contribution in [1.82, 2.24) is 5.48 Å². The standard InChI is InChI=1S/C16H34N2O2/c1-2-3-4-5-6-7-8-9-10-11-12-13-14-15(17)16(19)18-20/h15,20H,2-14,17H2,1H3,(H,18,19). The zero-order valence-electron chi connectivity index (χ0n) is 13.2. The fourth-order valence-corrected chi connectivity index (χ4v) is 2.42. The molecule has 4 N–H and O–H groups in total. The molecule has 20 heavy (non-hydrogen) atoms. The van der Waals surface area contributed by atoms with Crippen molar-refractivity contribution in [2.24, 2.45) is 5.73 Å². The lowest BCUT2D eigenvalue weighted by Crippen LogP contribution is -2.38. The highest BCUT2D eigenvalue weighted by Gasteiger charge is 2.10. The van der Waals surface area contributed by atoms with E-state index < -0.39 is 11.9 Å². The van der Waals surface area contributed by atoms with Gasteiger partial charge in [-0.2, -0.15) is 0 Å². The van der Waals surface area contributed by atoms with Crippen LogP contribution in [-0.4, -0.2) is 17.2 Å². The van der Waals surface area contributed by atoms with Crippen molar-refractivity contribution < 1.29 is 10.0 Å². The van der Waals surface area contributed by atoms with Gasteiger partial charge in [0.1, 0.15) is 0 Å². The molecule has 0 rings (SSSR count). The van der Waals surface area contributed by atoms with Gasteiger partial charge in [-0.3, -0.25) is 10.0 Å². The van der Waals surface area contributed by atoms with Crippen LogP contribution in [-0.2, 0) is 4.79 Å². The van der Waals surface area contributed by atoms with Crippen molar-refractivity contribution in [2.75, 3.05) is 0 Å². The second-order valence-corrected chi connectivity index (χ2v) is 5.76. The van der Waals surface area contributed by atoms with Crippen LogP contribution in [0.15, 0.2) is 0 Å². The van der Waals surface area contributed by atoms with Gasteiger partial charge in [0.15, 0.2) is 0 Å². The number of unbranched alkanes of at least 4 members (excludes halogenated alkanes) is 11. The van der Waals surface area contributed by atoms with E-state index in [0.717, 1.165) is 12.8 Å². The third-order valence-corrected chi connectivity index (χ3v) is 3.82. The molecule has 120 valence electrons. The van der Waals surface area contributed by atoms with E-state index in [-0.39, 0.29) is 0 Å². The Labute approximate surface area is 124 Å². The zero-order valence-corrected chi connectivity index (χ0v) is 13.2. The van der Waals surface area contributed by atoms with Gasteiger partial charge in [-0.25, -0.2) is 5.48 Å². The molecule has 0 bridgehead atoms. The third-order valence-electron chi connectivity index (χ3n) is 3.82. The van der Waals surface area contributed by atoms with Crippen LogP contribution in [0, 0.1) is 0 Å². The van der Waals surface area contributed by atoms with Gasteiger partial charge in [0.05, 0.1) is 6.04 Å². The number of rotatable bonds is 14. The minimum atomic E-state index is -0.567. The quantitative estimate of drug-likeness (QED) is 0.257. The molecule has 0 aliphatic rings. The summed E-state index contributed by atoms with van der Waals surface area (Å²) in [5, 5.41) is 8.42. The summed E-state index contributed by atoms with van der Waals surface area (Å²) < 4.78 is 0. The van der Waals surface area contributed by atoms with Gasteiger partial charge in [0.2, 0.25) is 0 Å². The molecule has 0 heterocycles. The number of carbonyl (C=O) groups excluding carboxylic acids is 1. The molecule has 4 heteroatoms. The summed E-state index contributed by atoms with van der Waals surface area (Å²) in [6.45, 7) is 2.25. The average Bonchev–Trinajstić information content (AvgIpc) is 2.47. The first-order valence-electron chi connectivity index (χ1n) is 8.42. The third kappa shape index (κ3) is 12.4. The second kappa shape index (κ2) is 14.8. The van der Waals surface area contributed by atoms with Gasteiger partial charge in [-0.15, -0.1) is 0 Å². The van der Waals surface area contributed by atoms with E-state index in [0.29, 0.717) is 6.42 Å². The highest BCUT2D eigenvalue weighted by molar-refractivity contribution is 5.80. The Morgan fingerprint density at radius 1 is 0.900 bits per heavy atom. The molecule has 0 aliphatic heterocycles. The molecule has 0 saturated carbocycles. The lowest BCUT2D eigenvalue weighted by molar-refractivity contribution is -0.130. The summed E-state index contributed by atoms with van der Waals surface area (Å²) in [4.78, 5) is 11.0. The number of hydrogen-bond acceptors (Lipinski definition) is 3. The molecule has 0 aromatic rings. The number of amides is 1. The van der Waals surface area contributed by atoms with Crippen LogP contribution in [0.5, 0.6) is 0 Å². The van der Waals surface area contributed by atoms with Crippen molar-refractivity contribution in [3.05, 3.63) is 0 Å². The molecule has 0 fully saturated rings. The van der Waals surface area contributed by atoms with Gasteiger partial charge in [-0.1, -0.05) is 84.0 Å². The minimum absolute atomic E-state index is 0.479. The maximum atomic E-state index is 11.0. The largest absolute Gasteiger partial charge is 0.320 e. The van der Waals surface area contributed by atoms with Crippen LogP contribution in [0.3, 0.4) is 0 Å². The fourth-order valence-electron chi connectivity index (χ4n) is 2.42. The molecular formula is C16H34N2O2. The van der Waals surface area contributed by atoms with Gasteiger partial charge in [0, 0.05) is 0 Å². The topological polar surface area (TPSA) is 75.4 Å². The van der Waals surface area contributed by atoms with E-state index in [2.05, 4.69) is 6.92 Å². The predicted octanol–water partition coefficient (Wildman–Crippen LogP) is 3.91. The number of nitrogens with two attached hydrogens (primary N) is 1. The van der Waals surface area contributed by atoms with E-state index in [4.69, 9.17) is 10.9 Å². The Kier molecular flexibility index (Phi) is 14.3. The number of nitrogens with one attached hydrogen (secondary N) is 1. The summed E-state index contributed by atoms with van der Waals surface area (Å²) in [5.74, 6) is -0.479. The summed E-state index contributed by atoms with van der Waals surface area (Å²) in [5.41, 5.74) is 7.18. The van der Waals surface area contributed by atoms with E-state index >= 15 is 0 Å². The number of hydrogen-bond donors (Lipinski definition) is 3. The molecular weight excluding hydrogens is 252 g/mol. The van der Waals surface area contributed by atoms with Crippen molar-refractivity contribution in [3.8, 4) is 0 Å². The Hall–Kier alpha value is -0.610. The molecule has 4 nitrogen and oxygen atoms in total. The van der Waals surface area contributed by atoms with Gasteiger partial charge in [-0.05, 0) is 6.42 Å². The summed E-state index contributed by atoms with van der Waals surface area (Å²) in [6, 6.07) is -0.567. The first-order valence-corrected chi connectivity index (χ1v) is 8.42. The predicted molar refractivity (Wildman–Crippen MR) is 83.6 cm³/mol. The summed E-state index contributed by atoms with van der Waals surface area (Å²) >= 11 is 0. The zero-order chi connectivity index (χ0) is 15.1. The van der Waals surface area contributed by atoms with Crippen LogP contribution in [0.25, 0.3) is 0 Å². The van der Waals surface area contributed by atoms with Crippen LogP contribution in [0.4, 0.5) is 0 Å². The first kappa shape index (κ1) is 19.4. The number of hydroxylamine groups is 1. The van der Waals surface area contributed by atoms with Crippen molar-refractivity contribution >= 4 is 5.91 Å². The van der Waals surface area contributed by atoms with Crippen molar-refractivity contribution in [2.45, 2.75) is 96.4 Å². The van der Waals surface area contributed by atoms with Gasteiger partial charge >= 0.3 is 0 Å². The normalized spacial score (nSPS) is 12.3. The lowest BCUT2D eigenvalue weighted by Gasteiger charge is -2.08. The lowest BCUT2D eigenvalue weighted by atomic mass is 10.0.